The van der Waals surface area contributed by atoms with E-state index in [0.29, 0.717) is 5.69 Å². The Kier molecular flexibility index (Phi) is 13.5. The first-order valence-electron chi connectivity index (χ1n) is 13.6. The van der Waals surface area contributed by atoms with E-state index in [0.717, 1.165) is 11.1 Å². The van der Waals surface area contributed by atoms with E-state index < -0.39 is 38.0 Å². The van der Waals surface area contributed by atoms with Crippen LogP contribution in [0.3, 0.4) is 0 Å². The van der Waals surface area contributed by atoms with E-state index in [1.54, 1.807) is 80.6 Å². The number of benzene rings is 3. The van der Waals surface area contributed by atoms with E-state index in [9.17, 15) is 18.9 Å². The van der Waals surface area contributed by atoms with Gasteiger partial charge in [-0.2, -0.15) is 0 Å². The van der Waals surface area contributed by atoms with Gasteiger partial charge in [-0.05, 0) is 37.1 Å². The number of hydrogen-bond acceptors (Lipinski definition) is 9. The van der Waals surface area contributed by atoms with Crippen molar-refractivity contribution in [1.82, 2.24) is 5.32 Å². The fourth-order valence-corrected chi connectivity index (χ4v) is 5.44. The molecule has 0 spiro atoms. The van der Waals surface area contributed by atoms with Crippen LogP contribution in [0.5, 0.6) is 0 Å². The summed E-state index contributed by atoms with van der Waals surface area (Å²) in [7, 11) is -3.46. The molecule has 0 aliphatic rings. The molecule has 0 saturated heterocycles. The predicted molar refractivity (Wildman–Crippen MR) is 164 cm³/mol. The largest absolute Gasteiger partial charge is 0.459 e. The van der Waals surface area contributed by atoms with Gasteiger partial charge in [0, 0.05) is 0 Å². The van der Waals surface area contributed by atoms with Crippen LogP contribution in [0.2, 0.25) is 5.02 Å². The zero-order chi connectivity index (χ0) is 31.1. The van der Waals surface area contributed by atoms with E-state index >= 15 is 0 Å². The lowest BCUT2D eigenvalue weighted by molar-refractivity contribution is -0.148. The van der Waals surface area contributed by atoms with E-state index in [1.165, 1.54) is 0 Å². The van der Waals surface area contributed by atoms with Crippen molar-refractivity contribution in [2.75, 3.05) is 30.1 Å². The van der Waals surface area contributed by atoms with Gasteiger partial charge in [0.05, 0.1) is 36.0 Å². The minimum atomic E-state index is -3.46. The molecule has 2 amide bonds. The van der Waals surface area contributed by atoms with Crippen LogP contribution >= 0.6 is 19.2 Å². The van der Waals surface area contributed by atoms with Crippen LogP contribution in [-0.2, 0) is 45.9 Å². The van der Waals surface area contributed by atoms with Gasteiger partial charge in [0.2, 0.25) is 5.91 Å². The number of rotatable bonds is 16. The smallest absolute Gasteiger partial charge is 0.408 e. The van der Waals surface area contributed by atoms with E-state index in [2.05, 4.69) is 16.0 Å². The molecule has 0 aliphatic carbocycles. The van der Waals surface area contributed by atoms with E-state index in [-0.39, 0.29) is 43.4 Å². The Bertz CT molecular complexity index is 1380. The Morgan fingerprint density at radius 1 is 0.814 bits per heavy atom. The van der Waals surface area contributed by atoms with Crippen LogP contribution in [0.1, 0.15) is 31.4 Å². The highest BCUT2D eigenvalue weighted by molar-refractivity contribution is 7.53. The summed E-state index contributed by atoms with van der Waals surface area (Å²) in [5, 5.41) is 8.23. The molecule has 1 atom stereocenters. The van der Waals surface area contributed by atoms with Crippen molar-refractivity contribution >= 4 is 48.5 Å². The number of esters is 1. The number of nitrogens with one attached hydrogen (secondary N) is 3. The first-order valence-corrected chi connectivity index (χ1v) is 15.7. The minimum absolute atomic E-state index is 0.0351. The predicted octanol–water partition coefficient (Wildman–Crippen LogP) is 6.34. The maximum atomic E-state index is 13.2. The maximum Gasteiger partial charge on any atom is 0.408 e. The molecule has 11 nitrogen and oxygen atoms in total. The van der Waals surface area contributed by atoms with Crippen LogP contribution in [0.25, 0.3) is 0 Å². The van der Waals surface area contributed by atoms with E-state index in [4.69, 9.17) is 30.1 Å². The van der Waals surface area contributed by atoms with Gasteiger partial charge in [-0.3, -0.25) is 9.36 Å². The number of hydrogen-bond donors (Lipinski definition) is 3. The third-order valence-electron chi connectivity index (χ3n) is 5.80. The molecule has 0 heterocycles. The van der Waals surface area contributed by atoms with Crippen LogP contribution in [0, 0.1) is 0 Å². The molecule has 0 unspecified atom stereocenters. The first-order chi connectivity index (χ1) is 20.7. The lowest BCUT2D eigenvalue weighted by atomic mass is 10.2. The van der Waals surface area contributed by atoms with Crippen molar-refractivity contribution in [2.24, 2.45) is 0 Å². The SMILES string of the molecule is CCOP(=O)(CNc1cccc(Cl)c1NC(=O)C[C@@H](NC(=O)OCc1ccccc1)C(=O)OCc1ccccc1)OCC. The molecule has 43 heavy (non-hydrogen) atoms. The molecule has 3 rings (SSSR count). The van der Waals surface area contributed by atoms with Crippen LogP contribution in [0.4, 0.5) is 16.2 Å². The van der Waals surface area contributed by atoms with Crippen molar-refractivity contribution in [3.8, 4) is 0 Å². The minimum Gasteiger partial charge on any atom is -0.459 e. The second-order valence-electron chi connectivity index (χ2n) is 9.05. The topological polar surface area (TPSA) is 141 Å². The lowest BCUT2D eigenvalue weighted by Crippen LogP contribution is -2.44. The van der Waals surface area contributed by atoms with Gasteiger partial charge in [0.15, 0.2) is 0 Å². The number of para-hydroxylation sites is 1. The number of amides is 2. The van der Waals surface area contributed by atoms with Crippen LogP contribution in [-0.4, -0.2) is 43.5 Å². The zero-order valence-corrected chi connectivity index (χ0v) is 25.6. The summed E-state index contributed by atoms with van der Waals surface area (Å²) in [5.74, 6) is -1.48. The number of ether oxygens (including phenoxy) is 2. The highest BCUT2D eigenvalue weighted by Gasteiger charge is 2.28. The zero-order valence-electron chi connectivity index (χ0n) is 23.9. The van der Waals surface area contributed by atoms with E-state index in [1.807, 2.05) is 12.1 Å². The van der Waals surface area contributed by atoms with Crippen LogP contribution in [0.15, 0.2) is 78.9 Å². The molecule has 3 aromatic rings. The molecule has 0 bridgehead atoms. The maximum absolute atomic E-state index is 13.2. The number of alkyl carbamates (subject to hydrolysis) is 1. The van der Waals surface area contributed by atoms with Crippen molar-refractivity contribution in [3.63, 3.8) is 0 Å². The summed E-state index contributed by atoms with van der Waals surface area (Å²) in [6.07, 6.45) is -1.57. The van der Waals surface area contributed by atoms with Crippen molar-refractivity contribution in [3.05, 3.63) is 95.0 Å². The molecule has 0 aromatic heterocycles. The highest BCUT2D eigenvalue weighted by Crippen LogP contribution is 2.48. The summed E-state index contributed by atoms with van der Waals surface area (Å²) in [4.78, 5) is 38.8. The van der Waals surface area contributed by atoms with Crippen molar-refractivity contribution in [2.45, 2.75) is 39.5 Å². The van der Waals surface area contributed by atoms with Gasteiger partial charge in [-0.1, -0.05) is 78.3 Å². The lowest BCUT2D eigenvalue weighted by Gasteiger charge is -2.21. The first kappa shape index (κ1) is 33.6. The van der Waals surface area contributed by atoms with Gasteiger partial charge in [-0.15, -0.1) is 0 Å². The van der Waals surface area contributed by atoms with Crippen molar-refractivity contribution < 1.29 is 37.5 Å². The molecule has 13 heteroatoms. The summed E-state index contributed by atoms with van der Waals surface area (Å²) in [5.41, 5.74) is 2.00. The fraction of sp³-hybridized carbons (Fsp3) is 0.300. The van der Waals surface area contributed by atoms with Crippen molar-refractivity contribution in [1.29, 1.82) is 0 Å². The second kappa shape index (κ2) is 17.3. The summed E-state index contributed by atoms with van der Waals surface area (Å²) >= 11 is 6.38. The summed E-state index contributed by atoms with van der Waals surface area (Å²) in [6.45, 7) is 3.66. The third-order valence-corrected chi connectivity index (χ3v) is 7.96. The number of carbonyl (C=O) groups excluding carboxylic acids is 3. The Hall–Kier alpha value is -3.89. The number of halogens is 1. The second-order valence-corrected chi connectivity index (χ2v) is 11.5. The standard InChI is InChI=1S/C30H35ClN3O8P/c1-3-41-43(38,42-4-2)21-32-25-17-11-16-24(31)28(25)34-27(35)18-26(29(36)39-19-22-12-7-5-8-13-22)33-30(37)40-20-23-14-9-6-10-15-23/h5-17,26,32H,3-4,18-21H2,1-2H3,(H,33,37)(H,34,35)/t26-/m1/s1. The monoisotopic (exact) mass is 631 g/mol. The molecule has 0 radical (unpaired) electrons. The van der Waals surface area contributed by atoms with Gasteiger partial charge in [0.1, 0.15) is 25.5 Å². The molecule has 3 aromatic carbocycles. The average Bonchev–Trinajstić information content (AvgIpc) is 3.00. The fourth-order valence-electron chi connectivity index (χ4n) is 3.81. The molecular formula is C30H35ClN3O8P. The summed E-state index contributed by atoms with van der Waals surface area (Å²) < 4.78 is 34.2. The quantitative estimate of drug-likeness (QED) is 0.122. The van der Waals surface area contributed by atoms with Gasteiger partial charge < -0.3 is 34.5 Å². The van der Waals surface area contributed by atoms with Gasteiger partial charge in [0.25, 0.3) is 0 Å². The van der Waals surface area contributed by atoms with Crippen LogP contribution < -0.4 is 16.0 Å². The molecule has 3 N–H and O–H groups in total. The Morgan fingerprint density at radius 2 is 1.40 bits per heavy atom. The number of anilines is 2. The third kappa shape index (κ3) is 11.4. The Morgan fingerprint density at radius 3 is 1.98 bits per heavy atom. The highest BCUT2D eigenvalue weighted by atomic mass is 35.5. The molecule has 230 valence electrons. The summed E-state index contributed by atoms with van der Waals surface area (Å²) in [6, 6.07) is 21.4. The van der Waals surface area contributed by atoms with Gasteiger partial charge >= 0.3 is 19.7 Å². The average molecular weight is 632 g/mol. The molecule has 0 fully saturated rings. The molecule has 0 aliphatic heterocycles. The Labute approximate surface area is 255 Å². The molecule has 0 saturated carbocycles. The molecular weight excluding hydrogens is 597 g/mol. The van der Waals surface area contributed by atoms with Gasteiger partial charge in [-0.25, -0.2) is 9.59 Å². The Balaban J connectivity index is 1.71. The normalized spacial score (nSPS) is 11.7. The number of carbonyl (C=O) groups is 3.